The fraction of sp³-hybridized carbons (Fsp3) is 0.562. The molecule has 1 rings (SSSR count). The summed E-state index contributed by atoms with van der Waals surface area (Å²) in [4.78, 5) is 11.8. The Morgan fingerprint density at radius 3 is 2.82 bits per heavy atom. The van der Waals surface area contributed by atoms with E-state index in [-0.39, 0.29) is 30.8 Å². The zero-order valence-electron chi connectivity index (χ0n) is 13.3. The lowest BCUT2D eigenvalue weighted by Gasteiger charge is -2.13. The molecule has 5 nitrogen and oxygen atoms in total. The molecule has 1 aromatic rings. The van der Waals surface area contributed by atoms with Gasteiger partial charge in [-0.25, -0.2) is 0 Å². The first-order valence-electron chi connectivity index (χ1n) is 7.40. The standard InChI is InChI=1S/C16H26N2O3.ClH/c1-3-4-8-21-14-7-5-6-13(9-14)12-18-16(19)10-15(11-17)20-2;/h5-7,9,15H,3-4,8,10-12,17H2,1-2H3,(H,18,19);1H. The van der Waals surface area contributed by atoms with Gasteiger partial charge in [-0.05, 0) is 24.1 Å². The number of hydrogen-bond donors (Lipinski definition) is 2. The molecule has 0 saturated carbocycles. The van der Waals surface area contributed by atoms with E-state index in [9.17, 15) is 4.79 Å². The first kappa shape index (κ1) is 20.7. The van der Waals surface area contributed by atoms with Gasteiger partial charge in [0.2, 0.25) is 5.91 Å². The number of halogens is 1. The van der Waals surface area contributed by atoms with Crippen LogP contribution >= 0.6 is 12.4 Å². The van der Waals surface area contributed by atoms with Crippen molar-refractivity contribution in [2.45, 2.75) is 38.8 Å². The highest BCUT2D eigenvalue weighted by atomic mass is 35.5. The Kier molecular flexibility index (Phi) is 11.5. The summed E-state index contributed by atoms with van der Waals surface area (Å²) in [6, 6.07) is 7.77. The van der Waals surface area contributed by atoms with Crippen LogP contribution in [0.3, 0.4) is 0 Å². The molecule has 0 aliphatic heterocycles. The fourth-order valence-electron chi connectivity index (χ4n) is 1.82. The molecule has 1 atom stereocenters. The van der Waals surface area contributed by atoms with Crippen LogP contribution in [0.1, 0.15) is 31.7 Å². The quantitative estimate of drug-likeness (QED) is 0.645. The second-order valence-corrected chi connectivity index (χ2v) is 4.92. The monoisotopic (exact) mass is 330 g/mol. The van der Waals surface area contributed by atoms with Gasteiger partial charge in [0.1, 0.15) is 5.75 Å². The van der Waals surface area contributed by atoms with Crippen LogP contribution in [0, 0.1) is 0 Å². The van der Waals surface area contributed by atoms with Crippen LogP contribution in [-0.2, 0) is 16.1 Å². The summed E-state index contributed by atoms with van der Waals surface area (Å²) in [7, 11) is 1.56. The van der Waals surface area contributed by atoms with Crippen LogP contribution in [0.4, 0.5) is 0 Å². The van der Waals surface area contributed by atoms with Gasteiger partial charge < -0.3 is 20.5 Å². The van der Waals surface area contributed by atoms with Crippen molar-refractivity contribution in [2.75, 3.05) is 20.3 Å². The number of hydrogen-bond acceptors (Lipinski definition) is 4. The third-order valence-corrected chi connectivity index (χ3v) is 3.16. The van der Waals surface area contributed by atoms with Gasteiger partial charge in [-0.3, -0.25) is 4.79 Å². The third-order valence-electron chi connectivity index (χ3n) is 3.16. The SMILES string of the molecule is CCCCOc1cccc(CNC(=O)CC(CN)OC)c1.Cl. The molecule has 1 unspecified atom stereocenters. The molecule has 0 bridgehead atoms. The second kappa shape index (κ2) is 12.3. The number of nitrogens with two attached hydrogens (primary N) is 1. The Morgan fingerprint density at radius 1 is 1.41 bits per heavy atom. The number of methoxy groups -OCH3 is 1. The average molecular weight is 331 g/mol. The number of amides is 1. The minimum absolute atomic E-state index is 0. The van der Waals surface area contributed by atoms with Crippen molar-refractivity contribution in [3.8, 4) is 5.75 Å². The van der Waals surface area contributed by atoms with E-state index < -0.39 is 0 Å². The smallest absolute Gasteiger partial charge is 0.222 e. The molecule has 22 heavy (non-hydrogen) atoms. The summed E-state index contributed by atoms with van der Waals surface area (Å²) in [5.74, 6) is 0.775. The molecule has 0 spiro atoms. The Balaban J connectivity index is 0.00000441. The largest absolute Gasteiger partial charge is 0.494 e. The Labute approximate surface area is 139 Å². The average Bonchev–Trinajstić information content (AvgIpc) is 2.51. The van der Waals surface area contributed by atoms with E-state index in [1.54, 1.807) is 7.11 Å². The lowest BCUT2D eigenvalue weighted by Crippen LogP contribution is -2.31. The van der Waals surface area contributed by atoms with Gasteiger partial charge in [-0.2, -0.15) is 0 Å². The second-order valence-electron chi connectivity index (χ2n) is 4.92. The summed E-state index contributed by atoms with van der Waals surface area (Å²) < 4.78 is 10.7. The van der Waals surface area contributed by atoms with E-state index in [2.05, 4.69) is 12.2 Å². The molecular formula is C16H27ClN2O3. The minimum atomic E-state index is -0.228. The summed E-state index contributed by atoms with van der Waals surface area (Å²) in [5.41, 5.74) is 6.51. The highest BCUT2D eigenvalue weighted by molar-refractivity contribution is 5.85. The van der Waals surface area contributed by atoms with Gasteiger partial charge in [0.15, 0.2) is 0 Å². The van der Waals surface area contributed by atoms with E-state index >= 15 is 0 Å². The molecular weight excluding hydrogens is 304 g/mol. The van der Waals surface area contributed by atoms with Crippen LogP contribution in [0.5, 0.6) is 5.75 Å². The van der Waals surface area contributed by atoms with Crippen LogP contribution in [-0.4, -0.2) is 32.3 Å². The number of nitrogens with one attached hydrogen (secondary N) is 1. The van der Waals surface area contributed by atoms with Crippen molar-refractivity contribution in [1.82, 2.24) is 5.32 Å². The van der Waals surface area contributed by atoms with Crippen molar-refractivity contribution in [3.63, 3.8) is 0 Å². The van der Waals surface area contributed by atoms with Crippen LogP contribution in [0.15, 0.2) is 24.3 Å². The molecule has 126 valence electrons. The molecule has 6 heteroatoms. The molecule has 3 N–H and O–H groups in total. The zero-order valence-corrected chi connectivity index (χ0v) is 14.2. The van der Waals surface area contributed by atoms with Gasteiger partial charge in [0, 0.05) is 20.2 Å². The van der Waals surface area contributed by atoms with E-state index in [1.165, 1.54) is 0 Å². The Hall–Kier alpha value is -1.30. The topological polar surface area (TPSA) is 73.6 Å². The molecule has 0 heterocycles. The van der Waals surface area contributed by atoms with E-state index in [0.29, 0.717) is 13.1 Å². The van der Waals surface area contributed by atoms with E-state index in [0.717, 1.165) is 30.8 Å². The molecule has 0 aliphatic rings. The number of benzene rings is 1. The fourth-order valence-corrected chi connectivity index (χ4v) is 1.82. The highest BCUT2D eigenvalue weighted by Gasteiger charge is 2.10. The predicted octanol–water partition coefficient (Wildman–Crippen LogP) is 2.27. The van der Waals surface area contributed by atoms with E-state index in [4.69, 9.17) is 15.2 Å². The van der Waals surface area contributed by atoms with Crippen molar-refractivity contribution in [3.05, 3.63) is 29.8 Å². The van der Waals surface area contributed by atoms with Crippen molar-refractivity contribution in [2.24, 2.45) is 5.73 Å². The van der Waals surface area contributed by atoms with Gasteiger partial charge in [0.05, 0.1) is 19.1 Å². The number of carbonyl (C=O) groups is 1. The highest BCUT2D eigenvalue weighted by Crippen LogP contribution is 2.13. The lowest BCUT2D eigenvalue weighted by atomic mass is 10.2. The molecule has 0 fully saturated rings. The molecule has 0 aromatic heterocycles. The number of unbranched alkanes of at least 4 members (excludes halogenated alkanes) is 1. The summed E-state index contributed by atoms with van der Waals surface area (Å²) in [6.07, 6.45) is 2.20. The van der Waals surface area contributed by atoms with Crippen molar-refractivity contribution < 1.29 is 14.3 Å². The van der Waals surface area contributed by atoms with Gasteiger partial charge >= 0.3 is 0 Å². The van der Waals surface area contributed by atoms with Crippen molar-refractivity contribution in [1.29, 1.82) is 0 Å². The molecule has 1 aromatic carbocycles. The summed E-state index contributed by atoms with van der Waals surface area (Å²) >= 11 is 0. The van der Waals surface area contributed by atoms with E-state index in [1.807, 2.05) is 24.3 Å². The van der Waals surface area contributed by atoms with Gasteiger partial charge in [-0.1, -0.05) is 25.5 Å². The zero-order chi connectivity index (χ0) is 15.5. The Bertz CT molecular complexity index is 426. The first-order chi connectivity index (χ1) is 10.2. The molecule has 0 radical (unpaired) electrons. The molecule has 0 saturated heterocycles. The Morgan fingerprint density at radius 2 is 2.18 bits per heavy atom. The van der Waals surface area contributed by atoms with Crippen LogP contribution in [0.25, 0.3) is 0 Å². The normalized spacial score (nSPS) is 11.4. The number of carbonyl (C=O) groups excluding carboxylic acids is 1. The molecule has 0 aliphatic carbocycles. The lowest BCUT2D eigenvalue weighted by molar-refractivity contribution is -0.123. The molecule has 1 amide bonds. The maximum Gasteiger partial charge on any atom is 0.222 e. The van der Waals surface area contributed by atoms with Gasteiger partial charge in [-0.15, -0.1) is 12.4 Å². The predicted molar refractivity (Wildman–Crippen MR) is 90.4 cm³/mol. The summed E-state index contributed by atoms with van der Waals surface area (Å²) in [6.45, 7) is 3.66. The van der Waals surface area contributed by atoms with Gasteiger partial charge in [0.25, 0.3) is 0 Å². The number of rotatable bonds is 10. The number of ether oxygens (including phenoxy) is 2. The maximum absolute atomic E-state index is 11.8. The minimum Gasteiger partial charge on any atom is -0.494 e. The first-order valence-corrected chi connectivity index (χ1v) is 7.40. The van der Waals surface area contributed by atoms with Crippen LogP contribution < -0.4 is 15.8 Å². The third kappa shape index (κ3) is 8.22. The summed E-state index contributed by atoms with van der Waals surface area (Å²) in [5, 5.41) is 2.86. The van der Waals surface area contributed by atoms with Crippen molar-refractivity contribution >= 4 is 18.3 Å². The maximum atomic E-state index is 11.8. The van der Waals surface area contributed by atoms with Crippen LogP contribution in [0.2, 0.25) is 0 Å².